The van der Waals surface area contributed by atoms with Crippen molar-refractivity contribution in [3.63, 3.8) is 0 Å². The Morgan fingerprint density at radius 2 is 1.81 bits per heavy atom. The Hall–Kier alpha value is -2.58. The summed E-state index contributed by atoms with van der Waals surface area (Å²) in [5, 5.41) is 11.2. The van der Waals surface area contributed by atoms with Crippen molar-refractivity contribution >= 4 is 17.9 Å². The topological polar surface area (TPSA) is 114 Å². The Morgan fingerprint density at radius 1 is 1.29 bits per heavy atom. The maximum atomic E-state index is 12.1. The first-order valence-corrected chi connectivity index (χ1v) is 6.13. The average Bonchev–Trinajstić information content (AvgIpc) is 2.43. The molecule has 9 nitrogen and oxygen atoms in total. The number of hydrogen-bond acceptors (Lipinski definition) is 6. The monoisotopic (exact) mass is 298 g/mol. The summed E-state index contributed by atoms with van der Waals surface area (Å²) in [5.41, 5.74) is 0. The second-order valence-electron chi connectivity index (χ2n) is 4.32. The smallest absolute Gasteiger partial charge is 0.324 e. The predicted octanol–water partition coefficient (Wildman–Crippen LogP) is 0.821. The summed E-state index contributed by atoms with van der Waals surface area (Å²) in [4.78, 5) is 31.9. The minimum absolute atomic E-state index is 0.0350. The van der Waals surface area contributed by atoms with Crippen molar-refractivity contribution < 1.29 is 24.2 Å². The van der Waals surface area contributed by atoms with Gasteiger partial charge in [0.25, 0.3) is 0 Å². The fourth-order valence-electron chi connectivity index (χ4n) is 1.47. The van der Waals surface area contributed by atoms with Crippen LogP contribution < -0.4 is 14.8 Å². The second-order valence-corrected chi connectivity index (χ2v) is 4.32. The van der Waals surface area contributed by atoms with E-state index in [9.17, 15) is 9.59 Å². The molecule has 2 amide bonds. The van der Waals surface area contributed by atoms with Crippen LogP contribution in [0.3, 0.4) is 0 Å². The van der Waals surface area contributed by atoms with Crippen molar-refractivity contribution in [2.75, 3.05) is 26.1 Å². The number of amides is 2. The first-order chi connectivity index (χ1) is 9.87. The quantitative estimate of drug-likeness (QED) is 0.799. The molecule has 0 radical (unpaired) electrons. The van der Waals surface area contributed by atoms with Gasteiger partial charge in [-0.05, 0) is 13.8 Å². The zero-order valence-corrected chi connectivity index (χ0v) is 12.3. The Morgan fingerprint density at radius 3 is 2.19 bits per heavy atom. The first-order valence-electron chi connectivity index (χ1n) is 6.13. The van der Waals surface area contributed by atoms with Gasteiger partial charge in [-0.1, -0.05) is 0 Å². The third-order valence-corrected chi connectivity index (χ3v) is 2.51. The first kappa shape index (κ1) is 16.5. The van der Waals surface area contributed by atoms with Crippen LogP contribution in [0.25, 0.3) is 0 Å². The number of urea groups is 1. The van der Waals surface area contributed by atoms with Gasteiger partial charge in [0, 0.05) is 6.04 Å². The van der Waals surface area contributed by atoms with Gasteiger partial charge in [-0.15, -0.1) is 0 Å². The molecule has 0 aliphatic rings. The lowest BCUT2D eigenvalue weighted by Gasteiger charge is -2.24. The molecule has 0 bridgehead atoms. The van der Waals surface area contributed by atoms with Gasteiger partial charge in [0.1, 0.15) is 6.54 Å². The van der Waals surface area contributed by atoms with Gasteiger partial charge in [0.15, 0.2) is 0 Å². The summed E-state index contributed by atoms with van der Waals surface area (Å²) >= 11 is 0. The highest BCUT2D eigenvalue weighted by Crippen LogP contribution is 2.17. The summed E-state index contributed by atoms with van der Waals surface area (Å²) < 4.78 is 9.92. The van der Waals surface area contributed by atoms with E-state index in [1.807, 2.05) is 0 Å². The van der Waals surface area contributed by atoms with Crippen molar-refractivity contribution in [2.45, 2.75) is 19.9 Å². The summed E-state index contributed by atoms with van der Waals surface area (Å²) in [5.74, 6) is -0.715. The van der Waals surface area contributed by atoms with E-state index in [1.54, 1.807) is 13.8 Å². The molecule has 21 heavy (non-hydrogen) atoms. The number of nitrogens with zero attached hydrogens (tertiary/aromatic N) is 3. The van der Waals surface area contributed by atoms with Crippen LogP contribution in [0, 0.1) is 0 Å². The number of aliphatic carboxylic acids is 1. The number of nitrogens with one attached hydrogen (secondary N) is 1. The fourth-order valence-corrected chi connectivity index (χ4v) is 1.47. The van der Waals surface area contributed by atoms with E-state index < -0.39 is 18.5 Å². The molecular formula is C12H18N4O5. The van der Waals surface area contributed by atoms with Crippen LogP contribution in [-0.2, 0) is 4.79 Å². The number of aromatic nitrogens is 2. The number of hydrogen-bond donors (Lipinski definition) is 2. The highest BCUT2D eigenvalue weighted by atomic mass is 16.5. The summed E-state index contributed by atoms with van der Waals surface area (Å²) in [6, 6.07) is 0.531. The van der Waals surface area contributed by atoms with Crippen molar-refractivity contribution in [3.8, 4) is 11.8 Å². The zero-order chi connectivity index (χ0) is 16.0. The highest BCUT2D eigenvalue weighted by Gasteiger charge is 2.21. The molecule has 0 saturated carbocycles. The van der Waals surface area contributed by atoms with Crippen LogP contribution in [0.2, 0.25) is 0 Å². The van der Waals surface area contributed by atoms with E-state index >= 15 is 0 Å². The van der Waals surface area contributed by atoms with Crippen molar-refractivity contribution in [1.82, 2.24) is 14.9 Å². The standard InChI is InChI=1S/C12H18N4O5/c1-7(2)16(6-10(17)18)12(19)15-11-13-8(20-3)5-9(14-11)21-4/h5,7H,6H2,1-4H3,(H,17,18)(H,13,14,15,19). The largest absolute Gasteiger partial charge is 0.481 e. The number of carbonyl (C=O) groups is 2. The van der Waals surface area contributed by atoms with Gasteiger partial charge in [-0.3, -0.25) is 10.1 Å². The third kappa shape index (κ3) is 4.79. The maximum absolute atomic E-state index is 12.1. The molecule has 1 aromatic heterocycles. The third-order valence-electron chi connectivity index (χ3n) is 2.51. The molecule has 2 N–H and O–H groups in total. The van der Waals surface area contributed by atoms with Crippen LogP contribution in [0.5, 0.6) is 11.8 Å². The minimum atomic E-state index is -1.11. The van der Waals surface area contributed by atoms with Crippen molar-refractivity contribution in [2.24, 2.45) is 0 Å². The number of carboxylic acids is 1. The van der Waals surface area contributed by atoms with Gasteiger partial charge in [-0.25, -0.2) is 4.79 Å². The molecule has 0 aliphatic heterocycles. The van der Waals surface area contributed by atoms with E-state index in [0.29, 0.717) is 0 Å². The molecule has 9 heteroatoms. The Labute approximate surface area is 121 Å². The molecule has 0 aromatic carbocycles. The SMILES string of the molecule is COc1cc(OC)nc(NC(=O)N(CC(=O)O)C(C)C)n1. The van der Waals surface area contributed by atoms with E-state index in [2.05, 4.69) is 15.3 Å². The maximum Gasteiger partial charge on any atom is 0.324 e. The van der Waals surface area contributed by atoms with Crippen LogP contribution >= 0.6 is 0 Å². The normalized spacial score (nSPS) is 10.1. The molecule has 0 aliphatic carbocycles. The molecule has 1 aromatic rings. The Balaban J connectivity index is 2.92. The van der Waals surface area contributed by atoms with Crippen LogP contribution in [0.15, 0.2) is 6.07 Å². The van der Waals surface area contributed by atoms with E-state index in [-0.39, 0.29) is 23.8 Å². The number of carbonyl (C=O) groups excluding carboxylic acids is 1. The number of anilines is 1. The number of methoxy groups -OCH3 is 2. The van der Waals surface area contributed by atoms with E-state index in [0.717, 1.165) is 4.90 Å². The second kappa shape index (κ2) is 7.27. The Kier molecular flexibility index (Phi) is 5.70. The highest BCUT2D eigenvalue weighted by molar-refractivity contribution is 5.90. The van der Waals surface area contributed by atoms with E-state index in [1.165, 1.54) is 20.3 Å². The summed E-state index contributed by atoms with van der Waals surface area (Å²) in [6.07, 6.45) is 0. The molecule has 0 fully saturated rings. The number of rotatable bonds is 6. The summed E-state index contributed by atoms with van der Waals surface area (Å²) in [6.45, 7) is 2.98. The molecule has 0 saturated heterocycles. The molecule has 0 unspecified atom stereocenters. The molecular weight excluding hydrogens is 280 g/mol. The van der Waals surface area contributed by atoms with Crippen LogP contribution in [-0.4, -0.2) is 58.8 Å². The molecule has 0 spiro atoms. The van der Waals surface area contributed by atoms with Crippen molar-refractivity contribution in [3.05, 3.63) is 6.07 Å². The lowest BCUT2D eigenvalue weighted by atomic mass is 10.3. The number of carboxylic acid groups (broad SMARTS) is 1. The predicted molar refractivity (Wildman–Crippen MR) is 73.6 cm³/mol. The molecule has 1 rings (SSSR count). The van der Waals surface area contributed by atoms with Crippen LogP contribution in [0.1, 0.15) is 13.8 Å². The Bertz CT molecular complexity index is 498. The van der Waals surface area contributed by atoms with E-state index in [4.69, 9.17) is 14.6 Å². The van der Waals surface area contributed by atoms with Crippen molar-refractivity contribution in [1.29, 1.82) is 0 Å². The fraction of sp³-hybridized carbons (Fsp3) is 0.500. The zero-order valence-electron chi connectivity index (χ0n) is 12.3. The van der Waals surface area contributed by atoms with Gasteiger partial charge < -0.3 is 19.5 Å². The van der Waals surface area contributed by atoms with Gasteiger partial charge >= 0.3 is 12.0 Å². The molecule has 1 heterocycles. The average molecular weight is 298 g/mol. The lowest BCUT2D eigenvalue weighted by Crippen LogP contribution is -2.43. The molecule has 0 atom stereocenters. The van der Waals surface area contributed by atoms with Gasteiger partial charge in [0.05, 0.1) is 20.3 Å². The summed E-state index contributed by atoms with van der Waals surface area (Å²) in [7, 11) is 2.83. The number of ether oxygens (including phenoxy) is 2. The van der Waals surface area contributed by atoms with Gasteiger partial charge in [0.2, 0.25) is 17.7 Å². The lowest BCUT2D eigenvalue weighted by molar-refractivity contribution is -0.137. The van der Waals surface area contributed by atoms with Gasteiger partial charge in [-0.2, -0.15) is 9.97 Å². The molecule has 116 valence electrons. The van der Waals surface area contributed by atoms with Crippen LogP contribution in [0.4, 0.5) is 10.7 Å². The minimum Gasteiger partial charge on any atom is -0.481 e.